The molecule has 2 heterocycles. The minimum atomic E-state index is -0.0212. The van der Waals surface area contributed by atoms with E-state index < -0.39 is 0 Å². The second kappa shape index (κ2) is 7.37. The molecule has 0 aliphatic heterocycles. The van der Waals surface area contributed by atoms with Crippen LogP contribution < -0.4 is 4.90 Å². The second-order valence-electron chi connectivity index (χ2n) is 5.54. The zero-order valence-electron chi connectivity index (χ0n) is 13.6. The van der Waals surface area contributed by atoms with Gasteiger partial charge in [0.05, 0.1) is 25.6 Å². The third-order valence-electron chi connectivity index (χ3n) is 4.08. The maximum absolute atomic E-state index is 9.25. The normalized spacial score (nSPS) is 12.5. The van der Waals surface area contributed by atoms with Crippen LogP contribution in [-0.2, 0) is 0 Å². The maximum Gasteiger partial charge on any atom is 0.165 e. The first kappa shape index (κ1) is 16.4. The zero-order valence-corrected chi connectivity index (χ0v) is 13.6. The summed E-state index contributed by atoms with van der Waals surface area (Å²) in [6.07, 6.45) is 3.26. The van der Waals surface area contributed by atoms with E-state index in [0.717, 1.165) is 5.65 Å². The average molecular weight is 327 g/mol. The number of rotatable bonds is 7. The number of aliphatic hydroxyl groups is 2. The van der Waals surface area contributed by atoms with E-state index in [0.29, 0.717) is 24.4 Å². The number of nitrogens with zero attached hydrogens (tertiary/aromatic N) is 5. The Balaban J connectivity index is 2.03. The lowest BCUT2D eigenvalue weighted by Crippen LogP contribution is -2.30. The lowest BCUT2D eigenvalue weighted by molar-refractivity contribution is 0.281. The van der Waals surface area contributed by atoms with Crippen LogP contribution in [0.25, 0.3) is 11.2 Å². The Morgan fingerprint density at radius 2 is 1.75 bits per heavy atom. The van der Waals surface area contributed by atoms with Crippen molar-refractivity contribution in [1.29, 1.82) is 0 Å². The highest BCUT2D eigenvalue weighted by Crippen LogP contribution is 2.26. The van der Waals surface area contributed by atoms with E-state index in [2.05, 4.69) is 34.0 Å². The zero-order chi connectivity index (χ0) is 16.9. The quantitative estimate of drug-likeness (QED) is 0.679. The van der Waals surface area contributed by atoms with Crippen LogP contribution in [0.2, 0.25) is 0 Å². The van der Waals surface area contributed by atoms with Crippen LogP contribution in [0.4, 0.5) is 5.82 Å². The van der Waals surface area contributed by atoms with Crippen LogP contribution in [0, 0.1) is 0 Å². The van der Waals surface area contributed by atoms with Crippen molar-refractivity contribution in [3.8, 4) is 0 Å². The Morgan fingerprint density at radius 1 is 1.04 bits per heavy atom. The van der Waals surface area contributed by atoms with E-state index in [1.54, 1.807) is 6.33 Å². The second-order valence-corrected chi connectivity index (χ2v) is 5.54. The fourth-order valence-corrected chi connectivity index (χ4v) is 2.81. The van der Waals surface area contributed by atoms with Crippen LogP contribution in [0.15, 0.2) is 43.0 Å². The SMILES string of the molecule is CC(c1ccccc1)n1cnc2c(N(CCO)CCO)ncnc21. The molecule has 0 saturated carbocycles. The molecule has 0 spiro atoms. The van der Waals surface area contributed by atoms with E-state index in [4.69, 9.17) is 0 Å². The average Bonchev–Trinajstić information content (AvgIpc) is 3.06. The van der Waals surface area contributed by atoms with Gasteiger partial charge in [-0.15, -0.1) is 0 Å². The molecule has 126 valence electrons. The third-order valence-corrected chi connectivity index (χ3v) is 4.08. The Labute approximate surface area is 140 Å². The topological polar surface area (TPSA) is 87.3 Å². The summed E-state index contributed by atoms with van der Waals surface area (Å²) in [5, 5.41) is 18.5. The fourth-order valence-electron chi connectivity index (χ4n) is 2.81. The van der Waals surface area contributed by atoms with Gasteiger partial charge in [0.25, 0.3) is 0 Å². The van der Waals surface area contributed by atoms with Crippen LogP contribution in [-0.4, -0.2) is 56.0 Å². The van der Waals surface area contributed by atoms with Crippen LogP contribution in [0.5, 0.6) is 0 Å². The third kappa shape index (κ3) is 3.08. The van der Waals surface area contributed by atoms with Crippen LogP contribution in [0.3, 0.4) is 0 Å². The molecule has 2 aromatic heterocycles. The Bertz CT molecular complexity index is 784. The molecule has 7 heteroatoms. The molecule has 1 atom stereocenters. The fraction of sp³-hybridized carbons (Fsp3) is 0.353. The number of benzene rings is 1. The summed E-state index contributed by atoms with van der Waals surface area (Å²) >= 11 is 0. The minimum Gasteiger partial charge on any atom is -0.395 e. The number of hydrogen-bond donors (Lipinski definition) is 2. The van der Waals surface area contributed by atoms with Crippen LogP contribution >= 0.6 is 0 Å². The Morgan fingerprint density at radius 3 is 2.42 bits per heavy atom. The van der Waals surface area contributed by atoms with Gasteiger partial charge in [-0.05, 0) is 12.5 Å². The van der Waals surface area contributed by atoms with Crippen molar-refractivity contribution in [1.82, 2.24) is 19.5 Å². The maximum atomic E-state index is 9.25. The molecule has 0 fully saturated rings. The van der Waals surface area contributed by atoms with Crippen molar-refractivity contribution in [3.05, 3.63) is 48.5 Å². The van der Waals surface area contributed by atoms with Gasteiger partial charge in [0.1, 0.15) is 6.33 Å². The first-order valence-electron chi connectivity index (χ1n) is 7.95. The molecule has 0 amide bonds. The van der Waals surface area contributed by atoms with Gasteiger partial charge in [-0.1, -0.05) is 30.3 Å². The van der Waals surface area contributed by atoms with Crippen molar-refractivity contribution in [2.45, 2.75) is 13.0 Å². The molecular weight excluding hydrogens is 306 g/mol. The predicted molar refractivity (Wildman–Crippen MR) is 92.0 cm³/mol. The van der Waals surface area contributed by atoms with Gasteiger partial charge in [0.2, 0.25) is 0 Å². The summed E-state index contributed by atoms with van der Waals surface area (Å²) in [7, 11) is 0. The van der Waals surface area contributed by atoms with E-state index in [9.17, 15) is 10.2 Å². The molecule has 24 heavy (non-hydrogen) atoms. The molecule has 1 unspecified atom stereocenters. The highest BCUT2D eigenvalue weighted by molar-refractivity contribution is 5.83. The summed E-state index contributed by atoms with van der Waals surface area (Å²) in [4.78, 5) is 15.0. The van der Waals surface area contributed by atoms with Gasteiger partial charge in [-0.3, -0.25) is 0 Å². The van der Waals surface area contributed by atoms with Gasteiger partial charge in [0.15, 0.2) is 17.0 Å². The van der Waals surface area contributed by atoms with Crippen molar-refractivity contribution < 1.29 is 10.2 Å². The highest BCUT2D eigenvalue weighted by atomic mass is 16.3. The standard InChI is InChI=1S/C17H21N5O2/c1-13(14-5-3-2-4-6-14)22-12-20-15-16(18-11-19-17(15)22)21(7-9-23)8-10-24/h2-6,11-13,23-24H,7-10H2,1H3. The molecule has 0 aliphatic rings. The minimum absolute atomic E-state index is 0.0212. The summed E-state index contributed by atoms with van der Waals surface area (Å²) in [6.45, 7) is 2.82. The smallest absolute Gasteiger partial charge is 0.165 e. The highest BCUT2D eigenvalue weighted by Gasteiger charge is 2.18. The number of anilines is 1. The molecule has 1 aromatic carbocycles. The molecule has 0 bridgehead atoms. The molecule has 0 radical (unpaired) electrons. The van der Waals surface area contributed by atoms with E-state index in [-0.39, 0.29) is 19.3 Å². The number of hydrogen-bond acceptors (Lipinski definition) is 6. The molecule has 7 nitrogen and oxygen atoms in total. The molecule has 3 rings (SSSR count). The lowest BCUT2D eigenvalue weighted by Gasteiger charge is -2.21. The molecular formula is C17H21N5O2. The molecule has 0 saturated heterocycles. The predicted octanol–water partition coefficient (Wildman–Crippen LogP) is 1.23. The van der Waals surface area contributed by atoms with E-state index in [1.165, 1.54) is 11.9 Å². The monoisotopic (exact) mass is 327 g/mol. The van der Waals surface area contributed by atoms with Gasteiger partial charge in [-0.25, -0.2) is 15.0 Å². The lowest BCUT2D eigenvalue weighted by atomic mass is 10.1. The van der Waals surface area contributed by atoms with Crippen molar-refractivity contribution in [2.24, 2.45) is 0 Å². The number of aromatic nitrogens is 4. The summed E-state index contributed by atoms with van der Waals surface area (Å²) in [5.41, 5.74) is 2.57. The van der Waals surface area contributed by atoms with Crippen molar-refractivity contribution in [2.75, 3.05) is 31.2 Å². The van der Waals surface area contributed by atoms with Crippen LogP contribution in [0.1, 0.15) is 18.5 Å². The van der Waals surface area contributed by atoms with Crippen molar-refractivity contribution in [3.63, 3.8) is 0 Å². The summed E-state index contributed by atoms with van der Waals surface area (Å²) in [6, 6.07) is 10.2. The van der Waals surface area contributed by atoms with Gasteiger partial charge >= 0.3 is 0 Å². The van der Waals surface area contributed by atoms with Gasteiger partial charge in [-0.2, -0.15) is 0 Å². The number of fused-ring (bicyclic) bond motifs is 1. The largest absolute Gasteiger partial charge is 0.395 e. The molecule has 0 aliphatic carbocycles. The number of aliphatic hydroxyl groups excluding tert-OH is 2. The van der Waals surface area contributed by atoms with Crippen molar-refractivity contribution >= 4 is 17.0 Å². The van der Waals surface area contributed by atoms with E-state index >= 15 is 0 Å². The molecule has 3 aromatic rings. The molecule has 2 N–H and O–H groups in total. The Kier molecular flexibility index (Phi) is 5.02. The van der Waals surface area contributed by atoms with Gasteiger partial charge in [0, 0.05) is 13.1 Å². The summed E-state index contributed by atoms with van der Waals surface area (Å²) < 4.78 is 2.01. The first-order chi connectivity index (χ1) is 11.8. The van der Waals surface area contributed by atoms with Gasteiger partial charge < -0.3 is 19.7 Å². The Hall–Kier alpha value is -2.51. The first-order valence-corrected chi connectivity index (χ1v) is 7.95. The number of imidazole rings is 1. The summed E-state index contributed by atoms with van der Waals surface area (Å²) in [5.74, 6) is 0.627. The van der Waals surface area contributed by atoms with E-state index in [1.807, 2.05) is 27.7 Å².